The van der Waals surface area contributed by atoms with Gasteiger partial charge in [0.1, 0.15) is 16.4 Å². The quantitative estimate of drug-likeness (QED) is 0.721. The number of hydrogen-bond acceptors (Lipinski definition) is 5. The summed E-state index contributed by atoms with van der Waals surface area (Å²) in [5.74, 6) is -0.422. The van der Waals surface area contributed by atoms with Crippen molar-refractivity contribution >= 4 is 16.1 Å². The van der Waals surface area contributed by atoms with E-state index in [0.717, 1.165) is 12.8 Å². The van der Waals surface area contributed by atoms with Crippen LogP contribution >= 0.6 is 0 Å². The van der Waals surface area contributed by atoms with Gasteiger partial charge in [0.25, 0.3) is 0 Å². The zero-order valence-corrected chi connectivity index (χ0v) is 14.9. The summed E-state index contributed by atoms with van der Waals surface area (Å²) in [6.45, 7) is 1.99. The Labute approximate surface area is 147 Å². The van der Waals surface area contributed by atoms with Gasteiger partial charge in [0, 0.05) is 0 Å². The highest BCUT2D eigenvalue weighted by Crippen LogP contribution is 2.24. The van der Waals surface area contributed by atoms with Crippen LogP contribution in [-0.2, 0) is 16.5 Å². The van der Waals surface area contributed by atoms with Gasteiger partial charge < -0.3 is 14.0 Å². The molecule has 0 heterocycles. The fourth-order valence-electron chi connectivity index (χ4n) is 2.32. The molecule has 7 heteroatoms. The number of rotatable bonds is 8. The Hall–Kier alpha value is -2.54. The highest BCUT2D eigenvalue weighted by molar-refractivity contribution is 7.87. The third-order valence-corrected chi connectivity index (χ3v) is 4.92. The number of carboxylic acid groups (broad SMARTS) is 1. The Bertz CT molecular complexity index is 840. The second-order valence-corrected chi connectivity index (χ2v) is 6.99. The lowest BCUT2D eigenvalue weighted by molar-refractivity contribution is 0.0695. The smallest absolute Gasteiger partial charge is 0.339 e. The SMILES string of the molecule is CCCCc1cc(OS(=O)(=O)c2ccc(OC)cc2)ccc1C(=O)O. The maximum atomic E-state index is 12.4. The standard InChI is InChI=1S/C18H20O6S/c1-3-4-5-13-12-15(8-11-17(13)18(19)20)24-25(21,22)16-9-6-14(23-2)7-10-16/h6-12H,3-5H2,1-2H3,(H,19,20). The number of hydrogen-bond donors (Lipinski definition) is 1. The summed E-state index contributed by atoms with van der Waals surface area (Å²) >= 11 is 0. The number of benzene rings is 2. The zero-order valence-electron chi connectivity index (χ0n) is 14.1. The predicted octanol–water partition coefficient (Wildman–Crippen LogP) is 3.50. The molecule has 0 radical (unpaired) electrons. The van der Waals surface area contributed by atoms with Gasteiger partial charge in [-0.15, -0.1) is 0 Å². The van der Waals surface area contributed by atoms with Crippen molar-refractivity contribution in [2.45, 2.75) is 31.1 Å². The number of aryl methyl sites for hydroxylation is 1. The Morgan fingerprint density at radius 2 is 1.72 bits per heavy atom. The van der Waals surface area contributed by atoms with Gasteiger partial charge in [0.05, 0.1) is 12.7 Å². The molecule has 134 valence electrons. The first-order valence-corrected chi connectivity index (χ1v) is 9.23. The molecule has 0 amide bonds. The average molecular weight is 364 g/mol. The molecule has 0 saturated heterocycles. The molecule has 0 spiro atoms. The molecular weight excluding hydrogens is 344 g/mol. The van der Waals surface area contributed by atoms with E-state index in [-0.39, 0.29) is 16.2 Å². The molecule has 0 bridgehead atoms. The second kappa shape index (κ2) is 8.02. The van der Waals surface area contributed by atoms with E-state index in [9.17, 15) is 18.3 Å². The topological polar surface area (TPSA) is 89.9 Å². The van der Waals surface area contributed by atoms with Gasteiger partial charge in [-0.3, -0.25) is 0 Å². The van der Waals surface area contributed by atoms with Gasteiger partial charge in [0.2, 0.25) is 0 Å². The van der Waals surface area contributed by atoms with E-state index < -0.39 is 16.1 Å². The van der Waals surface area contributed by atoms with Crippen molar-refractivity contribution in [2.24, 2.45) is 0 Å². The van der Waals surface area contributed by atoms with Crippen LogP contribution < -0.4 is 8.92 Å². The van der Waals surface area contributed by atoms with E-state index >= 15 is 0 Å². The number of methoxy groups -OCH3 is 1. The van der Waals surface area contributed by atoms with Crippen LogP contribution in [0.1, 0.15) is 35.7 Å². The van der Waals surface area contributed by atoms with Gasteiger partial charge in [0.15, 0.2) is 0 Å². The molecule has 0 unspecified atom stereocenters. The Morgan fingerprint density at radius 1 is 1.08 bits per heavy atom. The molecule has 0 aliphatic carbocycles. The van der Waals surface area contributed by atoms with Crippen molar-refractivity contribution in [3.63, 3.8) is 0 Å². The Balaban J connectivity index is 2.29. The van der Waals surface area contributed by atoms with Crippen LogP contribution in [0.25, 0.3) is 0 Å². The van der Waals surface area contributed by atoms with E-state index in [1.807, 2.05) is 6.92 Å². The van der Waals surface area contributed by atoms with E-state index in [4.69, 9.17) is 8.92 Å². The third kappa shape index (κ3) is 4.73. The van der Waals surface area contributed by atoms with Crippen molar-refractivity contribution in [1.82, 2.24) is 0 Å². The van der Waals surface area contributed by atoms with E-state index in [1.54, 1.807) is 0 Å². The molecule has 2 aromatic rings. The minimum atomic E-state index is -4.01. The lowest BCUT2D eigenvalue weighted by Crippen LogP contribution is -2.11. The van der Waals surface area contributed by atoms with Crippen LogP contribution in [0.15, 0.2) is 47.4 Å². The molecule has 0 aliphatic rings. The summed E-state index contributed by atoms with van der Waals surface area (Å²) in [5, 5.41) is 9.24. The molecule has 2 aromatic carbocycles. The second-order valence-electron chi connectivity index (χ2n) is 5.44. The van der Waals surface area contributed by atoms with Crippen molar-refractivity contribution in [3.05, 3.63) is 53.6 Å². The first kappa shape index (κ1) is 18.8. The Morgan fingerprint density at radius 3 is 2.28 bits per heavy atom. The summed E-state index contributed by atoms with van der Waals surface area (Å²) in [7, 11) is -2.52. The molecule has 1 N–H and O–H groups in total. The molecule has 0 aromatic heterocycles. The first-order valence-electron chi connectivity index (χ1n) is 7.82. The van der Waals surface area contributed by atoms with Crippen LogP contribution in [-0.4, -0.2) is 26.6 Å². The minimum Gasteiger partial charge on any atom is -0.497 e. The maximum absolute atomic E-state index is 12.4. The molecular formula is C18H20O6S. The molecule has 0 aliphatic heterocycles. The third-order valence-electron chi connectivity index (χ3n) is 3.66. The number of carboxylic acids is 1. The minimum absolute atomic E-state index is 0.00859. The molecule has 2 rings (SSSR count). The van der Waals surface area contributed by atoms with Gasteiger partial charge in [-0.25, -0.2) is 4.79 Å². The van der Waals surface area contributed by atoms with Crippen molar-refractivity contribution in [3.8, 4) is 11.5 Å². The highest BCUT2D eigenvalue weighted by Gasteiger charge is 2.18. The fourth-order valence-corrected chi connectivity index (χ4v) is 3.24. The lowest BCUT2D eigenvalue weighted by Gasteiger charge is -2.11. The summed E-state index contributed by atoms with van der Waals surface area (Å²) < 4.78 is 34.9. The molecule has 0 saturated carbocycles. The number of ether oxygens (including phenoxy) is 1. The number of carbonyl (C=O) groups is 1. The van der Waals surface area contributed by atoms with E-state index in [0.29, 0.717) is 17.7 Å². The van der Waals surface area contributed by atoms with Crippen LogP contribution in [0.4, 0.5) is 0 Å². The van der Waals surface area contributed by atoms with Crippen LogP contribution in [0.2, 0.25) is 0 Å². The lowest BCUT2D eigenvalue weighted by atomic mass is 10.0. The number of unbranched alkanes of at least 4 members (excludes halogenated alkanes) is 1. The highest BCUT2D eigenvalue weighted by atomic mass is 32.2. The Kier molecular flexibility index (Phi) is 6.03. The summed E-state index contributed by atoms with van der Waals surface area (Å²) in [6, 6.07) is 10.0. The van der Waals surface area contributed by atoms with Gasteiger partial charge in [-0.05, 0) is 60.9 Å². The molecule has 0 atom stereocenters. The van der Waals surface area contributed by atoms with Gasteiger partial charge >= 0.3 is 16.1 Å². The van der Waals surface area contributed by atoms with Crippen LogP contribution in [0.3, 0.4) is 0 Å². The van der Waals surface area contributed by atoms with E-state index in [2.05, 4.69) is 0 Å². The summed E-state index contributed by atoms with van der Waals surface area (Å²) in [4.78, 5) is 11.3. The maximum Gasteiger partial charge on any atom is 0.339 e. The monoisotopic (exact) mass is 364 g/mol. The zero-order chi connectivity index (χ0) is 18.4. The normalized spacial score (nSPS) is 11.1. The molecule has 0 fully saturated rings. The van der Waals surface area contributed by atoms with Crippen molar-refractivity contribution in [1.29, 1.82) is 0 Å². The summed E-state index contributed by atoms with van der Waals surface area (Å²) in [5.41, 5.74) is 0.708. The predicted molar refractivity (Wildman–Crippen MR) is 92.8 cm³/mol. The van der Waals surface area contributed by atoms with E-state index in [1.165, 1.54) is 49.6 Å². The molecule has 6 nitrogen and oxygen atoms in total. The molecule has 25 heavy (non-hydrogen) atoms. The van der Waals surface area contributed by atoms with Crippen molar-refractivity contribution in [2.75, 3.05) is 7.11 Å². The van der Waals surface area contributed by atoms with Gasteiger partial charge in [-0.2, -0.15) is 8.42 Å². The number of aromatic carboxylic acids is 1. The van der Waals surface area contributed by atoms with Crippen LogP contribution in [0, 0.1) is 0 Å². The average Bonchev–Trinajstić information content (AvgIpc) is 2.59. The van der Waals surface area contributed by atoms with Crippen LogP contribution in [0.5, 0.6) is 11.5 Å². The van der Waals surface area contributed by atoms with Crippen molar-refractivity contribution < 1.29 is 27.2 Å². The van der Waals surface area contributed by atoms with Gasteiger partial charge in [-0.1, -0.05) is 13.3 Å². The fraction of sp³-hybridized carbons (Fsp3) is 0.278. The first-order chi connectivity index (χ1) is 11.9. The largest absolute Gasteiger partial charge is 0.497 e. The summed E-state index contributed by atoms with van der Waals surface area (Å²) in [6.07, 6.45) is 2.24.